The number of amides is 2. The second-order valence-corrected chi connectivity index (χ2v) is 7.03. The second-order valence-electron chi connectivity index (χ2n) is 6.59. The number of alkyl carbamates (subject to hydrolysis) is 1. The van der Waals surface area contributed by atoms with E-state index in [9.17, 15) is 24.6 Å². The number of ether oxygens (including phenoxy) is 1. The molecule has 30 heavy (non-hydrogen) atoms. The molecule has 0 aromatic heterocycles. The largest absolute Gasteiger partial charge is 0.480 e. The van der Waals surface area contributed by atoms with Crippen molar-refractivity contribution in [3.63, 3.8) is 0 Å². The van der Waals surface area contributed by atoms with Gasteiger partial charge in [0.15, 0.2) is 0 Å². The number of carboxylic acids is 1. The molecule has 0 aliphatic carbocycles. The predicted molar refractivity (Wildman–Crippen MR) is 110 cm³/mol. The molecule has 9 heteroatoms. The molecule has 0 saturated heterocycles. The van der Waals surface area contributed by atoms with Gasteiger partial charge in [0.1, 0.15) is 12.6 Å². The van der Waals surface area contributed by atoms with Crippen LogP contribution in [0.15, 0.2) is 54.6 Å². The minimum atomic E-state index is -1.20. The average molecular weight is 435 g/mol. The Morgan fingerprint density at radius 1 is 1.00 bits per heavy atom. The molecule has 0 radical (unpaired) electrons. The molecule has 0 heterocycles. The normalized spacial score (nSPS) is 12.5. The lowest BCUT2D eigenvalue weighted by atomic mass is 10.1. The van der Waals surface area contributed by atoms with Crippen LogP contribution in [0.2, 0.25) is 5.02 Å². The Kier molecular flexibility index (Phi) is 9.11. The van der Waals surface area contributed by atoms with Crippen molar-refractivity contribution in [1.29, 1.82) is 0 Å². The zero-order chi connectivity index (χ0) is 21.9. The van der Waals surface area contributed by atoms with Crippen LogP contribution in [0.5, 0.6) is 0 Å². The van der Waals surface area contributed by atoms with E-state index >= 15 is 0 Å². The minimum Gasteiger partial charge on any atom is -0.480 e. The number of aliphatic carboxylic acids is 1. The highest BCUT2D eigenvalue weighted by Gasteiger charge is 2.22. The van der Waals surface area contributed by atoms with Gasteiger partial charge < -0.3 is 25.6 Å². The zero-order valence-electron chi connectivity index (χ0n) is 16.1. The van der Waals surface area contributed by atoms with E-state index in [1.54, 1.807) is 36.4 Å². The summed E-state index contributed by atoms with van der Waals surface area (Å²) in [5, 5.41) is 24.5. The number of benzene rings is 2. The van der Waals surface area contributed by atoms with Gasteiger partial charge in [-0.1, -0.05) is 54.1 Å². The van der Waals surface area contributed by atoms with Gasteiger partial charge in [-0.25, -0.2) is 9.59 Å². The molecule has 4 N–H and O–H groups in total. The fraction of sp³-hybridized carbons (Fsp3) is 0.286. The summed E-state index contributed by atoms with van der Waals surface area (Å²) in [5.41, 5.74) is 1.50. The monoisotopic (exact) mass is 434 g/mol. The van der Waals surface area contributed by atoms with Crippen LogP contribution in [0.4, 0.5) is 4.79 Å². The van der Waals surface area contributed by atoms with E-state index in [1.165, 1.54) is 0 Å². The first-order valence-electron chi connectivity index (χ1n) is 9.22. The Balaban J connectivity index is 1.73. The summed E-state index contributed by atoms with van der Waals surface area (Å²) in [6.45, 7) is -0.135. The predicted octanol–water partition coefficient (Wildman–Crippen LogP) is 2.13. The fourth-order valence-corrected chi connectivity index (χ4v) is 2.70. The van der Waals surface area contributed by atoms with Crippen molar-refractivity contribution in [2.75, 3.05) is 6.54 Å². The third-order valence-corrected chi connectivity index (χ3v) is 4.35. The summed E-state index contributed by atoms with van der Waals surface area (Å²) in [5.74, 6) is -1.85. The molecule has 2 aromatic carbocycles. The maximum absolute atomic E-state index is 12.1. The van der Waals surface area contributed by atoms with E-state index in [4.69, 9.17) is 16.3 Å². The van der Waals surface area contributed by atoms with E-state index in [0.717, 1.165) is 5.56 Å². The lowest BCUT2D eigenvalue weighted by Crippen LogP contribution is -2.44. The van der Waals surface area contributed by atoms with Gasteiger partial charge in [-0.2, -0.15) is 0 Å². The molecule has 2 atom stereocenters. The van der Waals surface area contributed by atoms with Crippen molar-refractivity contribution in [2.45, 2.75) is 31.6 Å². The highest BCUT2D eigenvalue weighted by Crippen LogP contribution is 2.11. The summed E-state index contributed by atoms with van der Waals surface area (Å²) < 4.78 is 5.01. The van der Waals surface area contributed by atoms with Gasteiger partial charge in [-0.05, 0) is 23.3 Å². The van der Waals surface area contributed by atoms with Gasteiger partial charge in [0.25, 0.3) is 0 Å². The molecule has 2 amide bonds. The van der Waals surface area contributed by atoms with Crippen molar-refractivity contribution >= 4 is 29.6 Å². The molecule has 0 aliphatic rings. The van der Waals surface area contributed by atoms with Crippen LogP contribution in [0, 0.1) is 0 Å². The molecular weight excluding hydrogens is 412 g/mol. The number of rotatable bonds is 10. The third-order valence-electron chi connectivity index (χ3n) is 4.10. The van der Waals surface area contributed by atoms with Gasteiger partial charge in [0.2, 0.25) is 5.91 Å². The van der Waals surface area contributed by atoms with Crippen LogP contribution in [-0.2, 0) is 27.4 Å². The number of aliphatic hydroxyl groups is 1. The Bertz CT molecular complexity index is 844. The summed E-state index contributed by atoms with van der Waals surface area (Å²) in [7, 11) is 0. The van der Waals surface area contributed by atoms with Crippen LogP contribution in [-0.4, -0.2) is 46.9 Å². The summed E-state index contributed by atoms with van der Waals surface area (Å²) in [4.78, 5) is 35.2. The summed E-state index contributed by atoms with van der Waals surface area (Å²) in [6.07, 6.45) is -2.23. The Morgan fingerprint density at radius 3 is 2.30 bits per heavy atom. The second kappa shape index (κ2) is 11.8. The molecule has 8 nitrogen and oxygen atoms in total. The number of aliphatic hydroxyl groups excluding tert-OH is 1. The Labute approximate surface area is 178 Å². The molecule has 0 spiro atoms. The van der Waals surface area contributed by atoms with E-state index in [0.29, 0.717) is 10.6 Å². The van der Waals surface area contributed by atoms with Crippen LogP contribution < -0.4 is 10.6 Å². The van der Waals surface area contributed by atoms with E-state index < -0.39 is 30.1 Å². The molecule has 2 aromatic rings. The number of carbonyl (C=O) groups is 3. The first-order valence-corrected chi connectivity index (χ1v) is 9.60. The molecule has 0 fully saturated rings. The Hall–Kier alpha value is -3.10. The number of halogens is 1. The van der Waals surface area contributed by atoms with Crippen LogP contribution in [0.3, 0.4) is 0 Å². The van der Waals surface area contributed by atoms with Crippen molar-refractivity contribution in [2.24, 2.45) is 0 Å². The van der Waals surface area contributed by atoms with Crippen LogP contribution in [0.25, 0.3) is 0 Å². The van der Waals surface area contributed by atoms with E-state index in [1.807, 2.05) is 18.2 Å². The SMILES string of the molecule is O=C(C[C@@H](O)CNC(=O)OCc1ccccc1)N[C@@H](Cc1ccc(Cl)cc1)C(=O)O. The molecule has 0 bridgehead atoms. The van der Waals surface area contributed by atoms with Crippen molar-refractivity contribution in [3.8, 4) is 0 Å². The fourth-order valence-electron chi connectivity index (χ4n) is 2.57. The lowest BCUT2D eigenvalue weighted by Gasteiger charge is -2.17. The first-order chi connectivity index (χ1) is 14.3. The Morgan fingerprint density at radius 2 is 1.67 bits per heavy atom. The van der Waals surface area contributed by atoms with Crippen molar-refractivity contribution in [1.82, 2.24) is 10.6 Å². The van der Waals surface area contributed by atoms with Gasteiger partial charge in [0, 0.05) is 18.0 Å². The molecule has 0 saturated carbocycles. The van der Waals surface area contributed by atoms with Gasteiger partial charge in [-0.3, -0.25) is 4.79 Å². The van der Waals surface area contributed by atoms with Crippen molar-refractivity contribution in [3.05, 3.63) is 70.7 Å². The van der Waals surface area contributed by atoms with Gasteiger partial charge in [0.05, 0.1) is 12.5 Å². The lowest BCUT2D eigenvalue weighted by molar-refractivity contribution is -0.142. The first kappa shape index (κ1) is 23.2. The topological polar surface area (TPSA) is 125 Å². The maximum Gasteiger partial charge on any atom is 0.407 e. The molecular formula is C21H23ClN2O6. The van der Waals surface area contributed by atoms with E-state index in [-0.39, 0.29) is 26.0 Å². The molecule has 0 unspecified atom stereocenters. The zero-order valence-corrected chi connectivity index (χ0v) is 16.8. The molecule has 2 rings (SSSR count). The van der Waals surface area contributed by atoms with E-state index in [2.05, 4.69) is 10.6 Å². The smallest absolute Gasteiger partial charge is 0.407 e. The van der Waals surface area contributed by atoms with Crippen LogP contribution in [0.1, 0.15) is 17.5 Å². The highest BCUT2D eigenvalue weighted by molar-refractivity contribution is 6.30. The third kappa shape index (κ3) is 8.50. The van der Waals surface area contributed by atoms with Gasteiger partial charge in [-0.15, -0.1) is 0 Å². The number of nitrogens with one attached hydrogen (secondary N) is 2. The number of hydrogen-bond acceptors (Lipinski definition) is 5. The molecule has 0 aliphatic heterocycles. The highest BCUT2D eigenvalue weighted by atomic mass is 35.5. The van der Waals surface area contributed by atoms with Crippen molar-refractivity contribution < 1.29 is 29.3 Å². The molecule has 160 valence electrons. The average Bonchev–Trinajstić information content (AvgIpc) is 2.72. The quantitative estimate of drug-likeness (QED) is 0.454. The summed E-state index contributed by atoms with van der Waals surface area (Å²) in [6, 6.07) is 14.5. The summed E-state index contributed by atoms with van der Waals surface area (Å²) >= 11 is 5.80. The number of carbonyl (C=O) groups excluding carboxylic acids is 2. The maximum atomic E-state index is 12.1. The standard InChI is InChI=1S/C21H23ClN2O6/c22-16-8-6-14(7-9-16)10-18(20(27)28)24-19(26)11-17(25)12-23-21(29)30-13-15-4-2-1-3-5-15/h1-9,17-18,25H,10-13H2,(H,23,29)(H,24,26)(H,27,28)/t17-,18+/m1/s1. The van der Waals surface area contributed by atoms with Crippen LogP contribution >= 0.6 is 11.6 Å². The van der Waals surface area contributed by atoms with Gasteiger partial charge >= 0.3 is 12.1 Å². The number of hydrogen-bond donors (Lipinski definition) is 4. The minimum absolute atomic E-state index is 0.0679. The number of carboxylic acid groups (broad SMARTS) is 1.